The maximum absolute atomic E-state index is 12.4. The van der Waals surface area contributed by atoms with Crippen molar-refractivity contribution in [2.24, 2.45) is 0 Å². The molecule has 25 heavy (non-hydrogen) atoms. The number of esters is 2. The average Bonchev–Trinajstić information content (AvgIpc) is 2.55. The minimum Gasteiger partial charge on any atom is -0.481 e. The predicted molar refractivity (Wildman–Crippen MR) is 87.7 cm³/mol. The van der Waals surface area contributed by atoms with E-state index in [0.717, 1.165) is 51.4 Å². The summed E-state index contributed by atoms with van der Waals surface area (Å²) in [4.78, 5) is 35.5. The van der Waals surface area contributed by atoms with Gasteiger partial charge < -0.3 is 19.7 Å². The number of carboxylic acid groups (broad SMARTS) is 1. The van der Waals surface area contributed by atoms with Crippen LogP contribution in [0.15, 0.2) is 0 Å². The molecule has 0 amide bonds. The molecule has 0 aromatic carbocycles. The van der Waals surface area contributed by atoms with Crippen molar-refractivity contribution in [2.75, 3.05) is 0 Å². The van der Waals surface area contributed by atoms with Crippen molar-refractivity contribution in [3.05, 3.63) is 0 Å². The first-order chi connectivity index (χ1) is 11.9. The molecule has 2 N–H and O–H groups in total. The molecule has 0 aliphatic heterocycles. The van der Waals surface area contributed by atoms with Crippen LogP contribution in [0, 0.1) is 0 Å². The fourth-order valence-electron chi connectivity index (χ4n) is 3.55. The number of rotatable bonds is 7. The Bertz CT molecular complexity index is 478. The first-order valence-electron chi connectivity index (χ1n) is 9.24. The van der Waals surface area contributed by atoms with Gasteiger partial charge in [-0.1, -0.05) is 12.8 Å². The van der Waals surface area contributed by atoms with Gasteiger partial charge in [0.2, 0.25) is 0 Å². The van der Waals surface area contributed by atoms with Gasteiger partial charge in [-0.25, -0.2) is 4.79 Å². The molecule has 0 aromatic heterocycles. The summed E-state index contributed by atoms with van der Waals surface area (Å²) < 4.78 is 10.6. The van der Waals surface area contributed by atoms with Crippen molar-refractivity contribution >= 4 is 17.9 Å². The van der Waals surface area contributed by atoms with Crippen LogP contribution in [0.1, 0.15) is 77.0 Å². The second kappa shape index (κ2) is 9.17. The summed E-state index contributed by atoms with van der Waals surface area (Å²) >= 11 is 0. The van der Waals surface area contributed by atoms with Crippen LogP contribution >= 0.6 is 0 Å². The second-order valence-electron chi connectivity index (χ2n) is 7.19. The number of hydrogen-bond donors (Lipinski definition) is 2. The summed E-state index contributed by atoms with van der Waals surface area (Å²) in [5, 5.41) is 19.5. The average molecular weight is 356 g/mol. The maximum atomic E-state index is 12.4. The number of aliphatic hydroxyl groups is 1. The molecule has 2 fully saturated rings. The lowest BCUT2D eigenvalue weighted by atomic mass is 9.94. The Hall–Kier alpha value is -1.63. The van der Waals surface area contributed by atoms with E-state index in [-0.39, 0.29) is 12.2 Å². The van der Waals surface area contributed by atoms with E-state index in [2.05, 4.69) is 0 Å². The van der Waals surface area contributed by atoms with Crippen molar-refractivity contribution in [3.63, 3.8) is 0 Å². The molecule has 1 unspecified atom stereocenters. The number of carbonyl (C=O) groups excluding carboxylic acids is 2. The smallest absolute Gasteiger partial charge is 0.339 e. The summed E-state index contributed by atoms with van der Waals surface area (Å²) in [5.74, 6) is -3.16. The van der Waals surface area contributed by atoms with Gasteiger partial charge in [0.25, 0.3) is 0 Å². The first-order valence-corrected chi connectivity index (χ1v) is 9.24. The first kappa shape index (κ1) is 19.7. The molecule has 142 valence electrons. The van der Waals surface area contributed by atoms with Crippen LogP contribution in [0.3, 0.4) is 0 Å². The van der Waals surface area contributed by atoms with Gasteiger partial charge >= 0.3 is 17.9 Å². The largest absolute Gasteiger partial charge is 0.481 e. The van der Waals surface area contributed by atoms with Crippen molar-refractivity contribution in [1.29, 1.82) is 0 Å². The molecule has 7 nitrogen and oxygen atoms in total. The van der Waals surface area contributed by atoms with Crippen LogP contribution in [0.2, 0.25) is 0 Å². The highest BCUT2D eigenvalue weighted by atomic mass is 16.6. The predicted octanol–water partition coefficient (Wildman–Crippen LogP) is 2.33. The lowest BCUT2D eigenvalue weighted by Crippen LogP contribution is -2.46. The van der Waals surface area contributed by atoms with Gasteiger partial charge in [0, 0.05) is 0 Å². The Kier molecular flexibility index (Phi) is 7.23. The standard InChI is InChI=1S/C18H28O7/c19-15(20)11-18(23,17(22)25-14-9-5-2-6-10-14)12-16(21)24-13-7-3-1-4-8-13/h13-14,23H,1-12H2,(H,19,20). The number of aliphatic carboxylic acids is 1. The molecular formula is C18H28O7. The zero-order valence-corrected chi connectivity index (χ0v) is 14.6. The molecule has 2 aliphatic rings. The Morgan fingerprint density at radius 1 is 0.800 bits per heavy atom. The van der Waals surface area contributed by atoms with E-state index in [1.165, 1.54) is 0 Å². The highest BCUT2D eigenvalue weighted by Gasteiger charge is 2.44. The van der Waals surface area contributed by atoms with Crippen LogP contribution in [0.25, 0.3) is 0 Å². The van der Waals surface area contributed by atoms with Crippen molar-refractivity contribution < 1.29 is 34.1 Å². The second-order valence-corrected chi connectivity index (χ2v) is 7.19. The third-order valence-electron chi connectivity index (χ3n) is 4.94. The van der Waals surface area contributed by atoms with E-state index in [0.29, 0.717) is 12.8 Å². The Morgan fingerprint density at radius 2 is 1.28 bits per heavy atom. The van der Waals surface area contributed by atoms with Gasteiger partial charge in [0.1, 0.15) is 12.2 Å². The summed E-state index contributed by atoms with van der Waals surface area (Å²) in [6.45, 7) is 0. The number of carbonyl (C=O) groups is 3. The Balaban J connectivity index is 1.95. The van der Waals surface area contributed by atoms with Gasteiger partial charge in [-0.3, -0.25) is 9.59 Å². The molecule has 0 aromatic rings. The van der Waals surface area contributed by atoms with Crippen LogP contribution in [0.5, 0.6) is 0 Å². The number of carboxylic acids is 1. The van der Waals surface area contributed by atoms with Gasteiger partial charge in [-0.2, -0.15) is 0 Å². The third kappa shape index (κ3) is 6.30. The van der Waals surface area contributed by atoms with Crippen LogP contribution < -0.4 is 0 Å². The topological polar surface area (TPSA) is 110 Å². The van der Waals surface area contributed by atoms with E-state index < -0.39 is 36.4 Å². The van der Waals surface area contributed by atoms with E-state index in [9.17, 15) is 19.5 Å². The van der Waals surface area contributed by atoms with Gasteiger partial charge in [-0.15, -0.1) is 0 Å². The molecule has 0 saturated heterocycles. The van der Waals surface area contributed by atoms with Gasteiger partial charge in [0.05, 0.1) is 12.8 Å². The highest BCUT2D eigenvalue weighted by Crippen LogP contribution is 2.26. The summed E-state index contributed by atoms with van der Waals surface area (Å²) in [5.41, 5.74) is -2.38. The SMILES string of the molecule is O=C(O)CC(O)(CC(=O)OC1CCCCC1)C(=O)OC1CCCCC1. The lowest BCUT2D eigenvalue weighted by Gasteiger charge is -2.29. The highest BCUT2D eigenvalue weighted by molar-refractivity contribution is 5.89. The van der Waals surface area contributed by atoms with E-state index in [1.807, 2.05) is 0 Å². The number of hydrogen-bond acceptors (Lipinski definition) is 6. The zero-order chi connectivity index (χ0) is 18.3. The molecular weight excluding hydrogens is 328 g/mol. The van der Waals surface area contributed by atoms with Crippen LogP contribution in [-0.2, 0) is 23.9 Å². The van der Waals surface area contributed by atoms with Crippen molar-refractivity contribution in [2.45, 2.75) is 94.9 Å². The summed E-state index contributed by atoms with van der Waals surface area (Å²) in [7, 11) is 0. The molecule has 2 saturated carbocycles. The molecule has 0 bridgehead atoms. The Morgan fingerprint density at radius 3 is 1.76 bits per heavy atom. The summed E-state index contributed by atoms with van der Waals surface area (Å²) in [6, 6.07) is 0. The van der Waals surface area contributed by atoms with Gasteiger partial charge in [0.15, 0.2) is 5.60 Å². The summed E-state index contributed by atoms with van der Waals surface area (Å²) in [6.07, 6.45) is 6.78. The molecule has 1 atom stereocenters. The lowest BCUT2D eigenvalue weighted by molar-refractivity contribution is -0.183. The normalized spacial score (nSPS) is 22.0. The molecule has 0 radical (unpaired) electrons. The van der Waals surface area contributed by atoms with Crippen molar-refractivity contribution in [3.8, 4) is 0 Å². The third-order valence-corrected chi connectivity index (χ3v) is 4.94. The zero-order valence-electron chi connectivity index (χ0n) is 14.6. The number of ether oxygens (including phenoxy) is 2. The molecule has 0 spiro atoms. The molecule has 7 heteroatoms. The molecule has 2 aliphatic carbocycles. The van der Waals surface area contributed by atoms with Gasteiger partial charge in [-0.05, 0) is 51.4 Å². The van der Waals surface area contributed by atoms with Crippen molar-refractivity contribution in [1.82, 2.24) is 0 Å². The minimum atomic E-state index is -2.38. The molecule has 2 rings (SSSR count). The van der Waals surface area contributed by atoms with E-state index in [1.54, 1.807) is 0 Å². The minimum absolute atomic E-state index is 0.218. The van der Waals surface area contributed by atoms with Crippen LogP contribution in [-0.4, -0.2) is 45.9 Å². The quantitative estimate of drug-likeness (QED) is 0.674. The van der Waals surface area contributed by atoms with E-state index in [4.69, 9.17) is 14.6 Å². The fourth-order valence-corrected chi connectivity index (χ4v) is 3.55. The monoisotopic (exact) mass is 356 g/mol. The van der Waals surface area contributed by atoms with Crippen LogP contribution in [0.4, 0.5) is 0 Å². The molecule has 0 heterocycles. The Labute approximate surface area is 147 Å². The van der Waals surface area contributed by atoms with E-state index >= 15 is 0 Å². The fraction of sp³-hybridized carbons (Fsp3) is 0.833. The maximum Gasteiger partial charge on any atom is 0.339 e.